The average molecular weight is 423 g/mol. The van der Waals surface area contributed by atoms with Crippen LogP contribution in [-0.2, 0) is 21.4 Å². The summed E-state index contributed by atoms with van der Waals surface area (Å²) in [6, 6.07) is 10.7. The van der Waals surface area contributed by atoms with E-state index in [0.29, 0.717) is 51.1 Å². The van der Waals surface area contributed by atoms with E-state index in [1.54, 1.807) is 22.8 Å². The lowest BCUT2D eigenvalue weighted by Gasteiger charge is -2.35. The molecule has 1 saturated heterocycles. The van der Waals surface area contributed by atoms with E-state index in [0.717, 1.165) is 24.2 Å². The lowest BCUT2D eigenvalue weighted by Crippen LogP contribution is -2.48. The van der Waals surface area contributed by atoms with Gasteiger partial charge in [-0.2, -0.15) is 5.10 Å². The zero-order valence-corrected chi connectivity index (χ0v) is 17.5. The molecule has 3 aromatic rings. The van der Waals surface area contributed by atoms with Crippen LogP contribution in [0.25, 0.3) is 5.65 Å². The highest BCUT2D eigenvalue weighted by molar-refractivity contribution is 5.88. The Labute approximate surface area is 181 Å². The molecule has 1 atom stereocenters. The van der Waals surface area contributed by atoms with Gasteiger partial charge in [0.25, 0.3) is 0 Å². The number of hydrogen-bond donors (Lipinski definition) is 0. The topological polar surface area (TPSA) is 59.7 Å². The van der Waals surface area contributed by atoms with Crippen LogP contribution in [0, 0.1) is 11.7 Å². The maximum atomic E-state index is 14.7. The summed E-state index contributed by atoms with van der Waals surface area (Å²) in [7, 11) is 0. The van der Waals surface area contributed by atoms with Gasteiger partial charge < -0.3 is 9.64 Å². The molecule has 0 radical (unpaired) electrons. The van der Waals surface area contributed by atoms with E-state index >= 15 is 0 Å². The van der Waals surface area contributed by atoms with Crippen molar-refractivity contribution in [3.63, 3.8) is 0 Å². The van der Waals surface area contributed by atoms with Crippen molar-refractivity contribution in [3.05, 3.63) is 65.9 Å². The van der Waals surface area contributed by atoms with E-state index in [4.69, 9.17) is 4.74 Å². The first-order valence-electron chi connectivity index (χ1n) is 11.1. The van der Waals surface area contributed by atoms with Gasteiger partial charge in [0.05, 0.1) is 24.3 Å². The first-order valence-corrected chi connectivity index (χ1v) is 11.1. The highest BCUT2D eigenvalue weighted by Gasteiger charge is 2.46. The fraction of sp³-hybridized carbons (Fsp3) is 0.458. The minimum absolute atomic E-state index is 0.0450. The van der Waals surface area contributed by atoms with E-state index in [9.17, 15) is 9.18 Å². The van der Waals surface area contributed by atoms with Crippen LogP contribution in [-0.4, -0.2) is 51.7 Å². The second-order valence-corrected chi connectivity index (χ2v) is 8.72. The van der Waals surface area contributed by atoms with E-state index in [1.807, 2.05) is 29.3 Å². The first-order chi connectivity index (χ1) is 15.2. The number of benzene rings is 1. The van der Waals surface area contributed by atoms with Crippen molar-refractivity contribution in [2.45, 2.75) is 37.5 Å². The van der Waals surface area contributed by atoms with Crippen molar-refractivity contribution in [2.24, 2.45) is 5.92 Å². The smallest absolute Gasteiger partial charge is 0.233 e. The first kappa shape index (κ1) is 20.1. The van der Waals surface area contributed by atoms with Gasteiger partial charge in [-0.3, -0.25) is 4.79 Å². The number of amides is 1. The summed E-state index contributed by atoms with van der Waals surface area (Å²) < 4.78 is 22.4. The van der Waals surface area contributed by atoms with Crippen molar-refractivity contribution < 1.29 is 13.9 Å². The third kappa shape index (κ3) is 3.83. The Bertz CT molecular complexity index is 1080. The number of imidazole rings is 1. The molecule has 2 fully saturated rings. The number of halogens is 1. The van der Waals surface area contributed by atoms with Crippen LogP contribution in [0.4, 0.5) is 4.39 Å². The molecule has 2 aromatic heterocycles. The standard InChI is InChI=1S/C24H27FN4O2/c25-21-6-2-1-5-20(21)24(9-3-4-10-24)23(30)28-13-14-31-17-18(16-28)15-19-7-8-22-26-11-12-29(22)27-19/h1-2,5-8,11-12,18H,3-4,9-10,13-17H2/t18-/m1/s1. The Morgan fingerprint density at radius 3 is 2.87 bits per heavy atom. The molecule has 5 rings (SSSR count). The molecule has 1 aliphatic heterocycles. The highest BCUT2D eigenvalue weighted by atomic mass is 19.1. The maximum Gasteiger partial charge on any atom is 0.233 e. The molecule has 0 unspecified atom stereocenters. The SMILES string of the molecule is O=C(N1CCOC[C@H](Cc2ccc3nccn3n2)C1)C1(c2ccccc2F)CCCC1. The second kappa shape index (κ2) is 8.38. The summed E-state index contributed by atoms with van der Waals surface area (Å²) >= 11 is 0. The van der Waals surface area contributed by atoms with Gasteiger partial charge in [-0.1, -0.05) is 31.0 Å². The fourth-order valence-corrected chi connectivity index (χ4v) is 5.18. The van der Waals surface area contributed by atoms with Gasteiger partial charge >= 0.3 is 0 Å². The molecule has 0 bridgehead atoms. The zero-order valence-electron chi connectivity index (χ0n) is 17.5. The normalized spacial score (nSPS) is 21.3. The summed E-state index contributed by atoms with van der Waals surface area (Å²) in [6.45, 7) is 2.22. The molecule has 0 N–H and O–H groups in total. The molecular formula is C24H27FN4O2. The Morgan fingerprint density at radius 1 is 1.19 bits per heavy atom. The van der Waals surface area contributed by atoms with E-state index < -0.39 is 5.41 Å². The number of carbonyl (C=O) groups is 1. The summed E-state index contributed by atoms with van der Waals surface area (Å²) in [6.07, 6.45) is 7.57. The molecule has 162 valence electrons. The van der Waals surface area contributed by atoms with Crippen molar-refractivity contribution in [2.75, 3.05) is 26.3 Å². The molecule has 2 aliphatic rings. The molecule has 1 aliphatic carbocycles. The van der Waals surface area contributed by atoms with Crippen LogP contribution in [0.15, 0.2) is 48.8 Å². The number of carbonyl (C=O) groups excluding carboxylic acids is 1. The average Bonchev–Trinajstić information content (AvgIpc) is 3.40. The molecule has 1 amide bonds. The fourth-order valence-electron chi connectivity index (χ4n) is 5.18. The monoisotopic (exact) mass is 422 g/mol. The molecule has 7 heteroatoms. The van der Waals surface area contributed by atoms with Gasteiger partial charge in [0, 0.05) is 37.0 Å². The van der Waals surface area contributed by atoms with Crippen molar-refractivity contribution in [1.82, 2.24) is 19.5 Å². The van der Waals surface area contributed by atoms with Crippen LogP contribution in [0.3, 0.4) is 0 Å². The Hall–Kier alpha value is -2.80. The Balaban J connectivity index is 1.38. The van der Waals surface area contributed by atoms with Crippen LogP contribution in [0.2, 0.25) is 0 Å². The quantitative estimate of drug-likeness (QED) is 0.647. The molecule has 31 heavy (non-hydrogen) atoms. The van der Waals surface area contributed by atoms with E-state index in [-0.39, 0.29) is 17.6 Å². The Kier molecular flexibility index (Phi) is 5.44. The highest BCUT2D eigenvalue weighted by Crippen LogP contribution is 2.43. The lowest BCUT2D eigenvalue weighted by atomic mass is 9.77. The van der Waals surface area contributed by atoms with Gasteiger partial charge in [0.1, 0.15) is 5.82 Å². The molecule has 3 heterocycles. The number of rotatable bonds is 4. The second-order valence-electron chi connectivity index (χ2n) is 8.72. The van der Waals surface area contributed by atoms with Crippen LogP contribution in [0.1, 0.15) is 36.9 Å². The van der Waals surface area contributed by atoms with Gasteiger partial charge in [-0.25, -0.2) is 13.9 Å². The predicted molar refractivity (Wildman–Crippen MR) is 114 cm³/mol. The summed E-state index contributed by atoms with van der Waals surface area (Å²) in [4.78, 5) is 20.0. The maximum absolute atomic E-state index is 14.7. The lowest BCUT2D eigenvalue weighted by molar-refractivity contribution is -0.138. The summed E-state index contributed by atoms with van der Waals surface area (Å²) in [5.74, 6) is -0.0965. The minimum atomic E-state index is -0.756. The summed E-state index contributed by atoms with van der Waals surface area (Å²) in [5.41, 5.74) is 1.55. The molecule has 1 aromatic carbocycles. The zero-order chi connectivity index (χ0) is 21.3. The molecule has 0 spiro atoms. The van der Waals surface area contributed by atoms with E-state index in [1.165, 1.54) is 6.07 Å². The largest absolute Gasteiger partial charge is 0.379 e. The number of aromatic nitrogens is 3. The van der Waals surface area contributed by atoms with E-state index in [2.05, 4.69) is 10.1 Å². The van der Waals surface area contributed by atoms with Gasteiger partial charge in [-0.15, -0.1) is 0 Å². The molecule has 6 nitrogen and oxygen atoms in total. The number of ether oxygens (including phenoxy) is 1. The predicted octanol–water partition coefficient (Wildman–Crippen LogP) is 3.40. The van der Waals surface area contributed by atoms with Crippen LogP contribution >= 0.6 is 0 Å². The van der Waals surface area contributed by atoms with Crippen molar-refractivity contribution in [3.8, 4) is 0 Å². The number of hydrogen-bond acceptors (Lipinski definition) is 4. The van der Waals surface area contributed by atoms with Crippen LogP contribution in [0.5, 0.6) is 0 Å². The third-order valence-corrected chi connectivity index (χ3v) is 6.69. The Morgan fingerprint density at radius 2 is 2.03 bits per heavy atom. The third-order valence-electron chi connectivity index (χ3n) is 6.69. The van der Waals surface area contributed by atoms with Crippen molar-refractivity contribution in [1.29, 1.82) is 0 Å². The van der Waals surface area contributed by atoms with Crippen molar-refractivity contribution >= 4 is 11.6 Å². The summed E-state index contributed by atoms with van der Waals surface area (Å²) in [5, 5.41) is 4.63. The number of nitrogens with zero attached hydrogens (tertiary/aromatic N) is 4. The minimum Gasteiger partial charge on any atom is -0.379 e. The van der Waals surface area contributed by atoms with Gasteiger partial charge in [-0.05, 0) is 37.5 Å². The van der Waals surface area contributed by atoms with Gasteiger partial charge in [0.15, 0.2) is 5.65 Å². The molecule has 1 saturated carbocycles. The molecular weight excluding hydrogens is 395 g/mol. The number of fused-ring (bicyclic) bond motifs is 1. The van der Waals surface area contributed by atoms with Crippen LogP contribution < -0.4 is 0 Å². The van der Waals surface area contributed by atoms with Gasteiger partial charge in [0.2, 0.25) is 5.91 Å².